The van der Waals surface area contributed by atoms with Crippen LogP contribution in [0.1, 0.15) is 38.2 Å². The summed E-state index contributed by atoms with van der Waals surface area (Å²) in [5.41, 5.74) is 0.461. The quantitative estimate of drug-likeness (QED) is 0.381. The van der Waals surface area contributed by atoms with Crippen molar-refractivity contribution < 1.29 is 23.8 Å². The number of esters is 2. The minimum absolute atomic E-state index is 0.126. The van der Waals surface area contributed by atoms with Crippen molar-refractivity contribution in [2.75, 3.05) is 6.61 Å². The Morgan fingerprint density at radius 2 is 1.79 bits per heavy atom. The van der Waals surface area contributed by atoms with Gasteiger partial charge in [-0.2, -0.15) is 0 Å². The molecule has 0 radical (unpaired) electrons. The van der Waals surface area contributed by atoms with Crippen molar-refractivity contribution in [1.82, 2.24) is 0 Å². The molecule has 1 aliphatic carbocycles. The molecule has 1 heterocycles. The fraction of sp³-hybridized carbons (Fsp3) is 0.412. The van der Waals surface area contributed by atoms with Gasteiger partial charge in [0.25, 0.3) is 5.79 Å². The van der Waals surface area contributed by atoms with Gasteiger partial charge in [0.1, 0.15) is 11.3 Å². The lowest BCUT2D eigenvalue weighted by Gasteiger charge is -2.32. The summed E-state index contributed by atoms with van der Waals surface area (Å²) in [6.07, 6.45) is 4.33. The van der Waals surface area contributed by atoms with Crippen LogP contribution >= 0.6 is 31.9 Å². The molecule has 7 heteroatoms. The molecule has 1 saturated carbocycles. The lowest BCUT2D eigenvalue weighted by molar-refractivity contribution is -0.232. The van der Waals surface area contributed by atoms with Gasteiger partial charge in [0.05, 0.1) is 11.1 Å². The standard InChI is InChI=1S/C17H16Br2O5/c1-2-22-14-10(7-11(18)9-13(14)19)8-12-15(20)23-17(24-16(12)21)5-3-4-6-17/h7-9H,2-6H2,1H3. The van der Waals surface area contributed by atoms with E-state index in [9.17, 15) is 9.59 Å². The molecule has 128 valence electrons. The zero-order valence-electron chi connectivity index (χ0n) is 13.1. The molecule has 1 aliphatic heterocycles. The van der Waals surface area contributed by atoms with Crippen LogP contribution in [0.2, 0.25) is 0 Å². The molecule has 0 amide bonds. The molecule has 3 rings (SSSR count). The maximum absolute atomic E-state index is 12.4. The zero-order chi connectivity index (χ0) is 17.3. The second-order valence-electron chi connectivity index (χ2n) is 5.69. The van der Waals surface area contributed by atoms with E-state index >= 15 is 0 Å². The van der Waals surface area contributed by atoms with Crippen LogP contribution in [0.4, 0.5) is 0 Å². The number of ether oxygens (including phenoxy) is 3. The molecule has 1 saturated heterocycles. The van der Waals surface area contributed by atoms with E-state index in [0.717, 1.165) is 21.8 Å². The zero-order valence-corrected chi connectivity index (χ0v) is 16.2. The highest BCUT2D eigenvalue weighted by atomic mass is 79.9. The van der Waals surface area contributed by atoms with Crippen molar-refractivity contribution in [2.45, 2.75) is 38.4 Å². The van der Waals surface area contributed by atoms with E-state index in [2.05, 4.69) is 31.9 Å². The third-order valence-corrected chi connectivity index (χ3v) is 5.04. The molecule has 5 nitrogen and oxygen atoms in total. The number of hydrogen-bond donors (Lipinski definition) is 0. The summed E-state index contributed by atoms with van der Waals surface area (Å²) in [6.45, 7) is 2.31. The summed E-state index contributed by atoms with van der Waals surface area (Å²) in [6, 6.07) is 3.60. The first kappa shape index (κ1) is 17.5. The SMILES string of the molecule is CCOc1c(Br)cc(Br)cc1C=C1C(=O)OC2(CCCC2)OC1=O. The largest absolute Gasteiger partial charge is 0.492 e. The molecule has 1 aromatic carbocycles. The fourth-order valence-corrected chi connectivity index (χ4v) is 4.30. The van der Waals surface area contributed by atoms with Crippen molar-refractivity contribution in [3.05, 3.63) is 32.2 Å². The smallest absolute Gasteiger partial charge is 0.348 e. The predicted molar refractivity (Wildman–Crippen MR) is 94.4 cm³/mol. The van der Waals surface area contributed by atoms with Gasteiger partial charge in [0, 0.05) is 22.9 Å². The van der Waals surface area contributed by atoms with Crippen LogP contribution in [-0.2, 0) is 19.1 Å². The Labute approximate surface area is 156 Å². The van der Waals surface area contributed by atoms with Crippen molar-refractivity contribution in [1.29, 1.82) is 0 Å². The number of benzene rings is 1. The van der Waals surface area contributed by atoms with Crippen molar-refractivity contribution in [2.24, 2.45) is 0 Å². The highest BCUT2D eigenvalue weighted by Gasteiger charge is 2.47. The Hall–Kier alpha value is -1.34. The molecule has 0 bridgehead atoms. The Morgan fingerprint density at radius 1 is 1.17 bits per heavy atom. The van der Waals surface area contributed by atoms with Crippen LogP contribution in [0.15, 0.2) is 26.7 Å². The van der Waals surface area contributed by atoms with E-state index in [1.807, 2.05) is 13.0 Å². The number of carbonyl (C=O) groups excluding carboxylic acids is 2. The van der Waals surface area contributed by atoms with Crippen molar-refractivity contribution in [3.8, 4) is 5.75 Å². The number of carbonyl (C=O) groups is 2. The third-order valence-electron chi connectivity index (χ3n) is 3.99. The normalized spacial score (nSPS) is 19.2. The van der Waals surface area contributed by atoms with Gasteiger partial charge in [-0.05, 0) is 53.9 Å². The Morgan fingerprint density at radius 3 is 2.38 bits per heavy atom. The van der Waals surface area contributed by atoms with Gasteiger partial charge >= 0.3 is 11.9 Å². The molecular formula is C17H16Br2O5. The molecule has 0 aromatic heterocycles. The topological polar surface area (TPSA) is 61.8 Å². The molecule has 2 fully saturated rings. The van der Waals surface area contributed by atoms with Gasteiger partial charge < -0.3 is 14.2 Å². The summed E-state index contributed by atoms with van der Waals surface area (Å²) >= 11 is 6.82. The Kier molecular flexibility index (Phi) is 5.01. The maximum atomic E-state index is 12.4. The van der Waals surface area contributed by atoms with E-state index in [1.165, 1.54) is 6.08 Å². The number of halogens is 2. The minimum atomic E-state index is -1.06. The first-order valence-electron chi connectivity index (χ1n) is 7.74. The lowest BCUT2D eigenvalue weighted by atomic mass is 10.1. The molecule has 0 unspecified atom stereocenters. The predicted octanol–water partition coefficient (Wildman–Crippen LogP) is 4.36. The fourth-order valence-electron chi connectivity index (χ4n) is 2.93. The van der Waals surface area contributed by atoms with Crippen LogP contribution in [-0.4, -0.2) is 24.3 Å². The molecule has 0 atom stereocenters. The average Bonchev–Trinajstić information content (AvgIpc) is 2.94. The van der Waals surface area contributed by atoms with Crippen molar-refractivity contribution >= 4 is 49.9 Å². The second-order valence-corrected chi connectivity index (χ2v) is 7.46. The van der Waals surface area contributed by atoms with Crippen LogP contribution in [0.5, 0.6) is 5.75 Å². The van der Waals surface area contributed by atoms with E-state index in [0.29, 0.717) is 30.8 Å². The van der Waals surface area contributed by atoms with E-state index in [-0.39, 0.29) is 5.57 Å². The summed E-state index contributed by atoms with van der Waals surface area (Å²) in [7, 11) is 0. The van der Waals surface area contributed by atoms with Crippen LogP contribution < -0.4 is 4.74 Å². The molecule has 1 aromatic rings. The van der Waals surface area contributed by atoms with Crippen LogP contribution in [0.3, 0.4) is 0 Å². The average molecular weight is 460 g/mol. The molecule has 24 heavy (non-hydrogen) atoms. The van der Waals surface area contributed by atoms with E-state index < -0.39 is 17.7 Å². The molecule has 2 aliphatic rings. The van der Waals surface area contributed by atoms with Gasteiger partial charge in [-0.3, -0.25) is 0 Å². The Balaban J connectivity index is 1.97. The Bertz CT molecular complexity index is 698. The summed E-state index contributed by atoms with van der Waals surface area (Å²) < 4.78 is 18.0. The summed E-state index contributed by atoms with van der Waals surface area (Å²) in [5.74, 6) is -1.81. The van der Waals surface area contributed by atoms with Gasteiger partial charge in [-0.1, -0.05) is 15.9 Å². The molecule has 1 spiro atoms. The van der Waals surface area contributed by atoms with Crippen LogP contribution in [0, 0.1) is 0 Å². The second kappa shape index (κ2) is 6.88. The number of hydrogen-bond acceptors (Lipinski definition) is 5. The monoisotopic (exact) mass is 458 g/mol. The molecular weight excluding hydrogens is 444 g/mol. The highest BCUT2D eigenvalue weighted by molar-refractivity contribution is 9.11. The van der Waals surface area contributed by atoms with Gasteiger partial charge in [0.15, 0.2) is 0 Å². The van der Waals surface area contributed by atoms with Gasteiger partial charge in [0.2, 0.25) is 0 Å². The lowest BCUT2D eigenvalue weighted by Crippen LogP contribution is -2.44. The minimum Gasteiger partial charge on any atom is -0.492 e. The van der Waals surface area contributed by atoms with Crippen molar-refractivity contribution in [3.63, 3.8) is 0 Å². The first-order valence-corrected chi connectivity index (χ1v) is 9.33. The maximum Gasteiger partial charge on any atom is 0.348 e. The highest BCUT2D eigenvalue weighted by Crippen LogP contribution is 2.40. The van der Waals surface area contributed by atoms with E-state index in [4.69, 9.17) is 14.2 Å². The van der Waals surface area contributed by atoms with Gasteiger partial charge in [-0.15, -0.1) is 0 Å². The molecule has 0 N–H and O–H groups in total. The third kappa shape index (κ3) is 3.37. The summed E-state index contributed by atoms with van der Waals surface area (Å²) in [5, 5.41) is 0. The number of rotatable bonds is 3. The first-order chi connectivity index (χ1) is 11.4. The summed E-state index contributed by atoms with van der Waals surface area (Å²) in [4.78, 5) is 24.7. The van der Waals surface area contributed by atoms with Gasteiger partial charge in [-0.25, -0.2) is 9.59 Å². The van der Waals surface area contributed by atoms with Crippen LogP contribution in [0.25, 0.3) is 6.08 Å². The van der Waals surface area contributed by atoms with E-state index in [1.54, 1.807) is 6.07 Å².